The lowest BCUT2D eigenvalue weighted by atomic mass is 9.42. The van der Waals surface area contributed by atoms with E-state index in [0.29, 0.717) is 11.8 Å². The van der Waals surface area contributed by atoms with E-state index in [4.69, 9.17) is 0 Å². The molecule has 0 radical (unpaired) electrons. The van der Waals surface area contributed by atoms with Gasteiger partial charge in [-0.1, -0.05) is 37.6 Å². The zero-order valence-corrected chi connectivity index (χ0v) is 19.4. The predicted octanol–water partition coefficient (Wildman–Crippen LogP) is 5.95. The van der Waals surface area contributed by atoms with Gasteiger partial charge >= 0.3 is 6.03 Å². The average molecular weight is 423 g/mol. The van der Waals surface area contributed by atoms with E-state index in [-0.39, 0.29) is 22.4 Å². The van der Waals surface area contributed by atoms with Crippen LogP contribution in [-0.2, 0) is 0 Å². The van der Waals surface area contributed by atoms with Gasteiger partial charge in [0, 0.05) is 11.2 Å². The highest BCUT2D eigenvalue weighted by Gasteiger charge is 2.66. The van der Waals surface area contributed by atoms with Gasteiger partial charge in [-0.05, 0) is 106 Å². The number of hydrogen-bond donors (Lipinski definition) is 3. The van der Waals surface area contributed by atoms with Gasteiger partial charge in [-0.2, -0.15) is 0 Å². The SMILES string of the molecule is C=C1C[C@@]23CC[C@H]4[C@@](C)(CCC[C@@]4(C)NC(=O)Nc4ccc(C)cc4)[C@@H]2CC[C@]1(O)C3. The van der Waals surface area contributed by atoms with Crippen LogP contribution in [0.2, 0.25) is 0 Å². The summed E-state index contributed by atoms with van der Waals surface area (Å²) in [5.41, 5.74) is 2.70. The van der Waals surface area contributed by atoms with E-state index in [2.05, 4.69) is 38.0 Å². The molecule has 6 atom stereocenters. The molecule has 0 saturated heterocycles. The number of benzene rings is 1. The first-order valence-corrected chi connectivity index (χ1v) is 12.2. The number of carbonyl (C=O) groups excluding carboxylic acids is 1. The molecular formula is C27H38N2O2. The van der Waals surface area contributed by atoms with Gasteiger partial charge in [0.25, 0.3) is 0 Å². The van der Waals surface area contributed by atoms with Gasteiger partial charge in [-0.3, -0.25) is 0 Å². The summed E-state index contributed by atoms with van der Waals surface area (Å²) in [6.07, 6.45) is 9.53. The minimum Gasteiger partial charge on any atom is -0.386 e. The highest BCUT2D eigenvalue weighted by atomic mass is 16.3. The van der Waals surface area contributed by atoms with Gasteiger partial charge in [-0.25, -0.2) is 4.79 Å². The van der Waals surface area contributed by atoms with Crippen molar-refractivity contribution >= 4 is 11.7 Å². The molecule has 2 amide bonds. The summed E-state index contributed by atoms with van der Waals surface area (Å²) >= 11 is 0. The molecule has 4 nitrogen and oxygen atoms in total. The number of hydrogen-bond acceptors (Lipinski definition) is 2. The molecule has 31 heavy (non-hydrogen) atoms. The molecule has 4 fully saturated rings. The van der Waals surface area contributed by atoms with E-state index < -0.39 is 5.60 Å². The molecule has 0 heterocycles. The Morgan fingerprint density at radius 3 is 2.52 bits per heavy atom. The van der Waals surface area contributed by atoms with Crippen LogP contribution in [-0.4, -0.2) is 22.3 Å². The number of carbonyl (C=O) groups is 1. The van der Waals surface area contributed by atoms with Crippen LogP contribution < -0.4 is 10.6 Å². The van der Waals surface area contributed by atoms with Crippen molar-refractivity contribution in [2.45, 2.75) is 89.7 Å². The van der Waals surface area contributed by atoms with Gasteiger partial charge in [0.2, 0.25) is 0 Å². The fraction of sp³-hybridized carbons (Fsp3) is 0.667. The fourth-order valence-corrected chi connectivity index (χ4v) is 8.56. The maximum atomic E-state index is 13.0. The number of anilines is 1. The highest BCUT2D eigenvalue weighted by Crippen LogP contribution is 2.71. The van der Waals surface area contributed by atoms with Gasteiger partial charge in [0.15, 0.2) is 0 Å². The zero-order chi connectivity index (χ0) is 22.1. The first kappa shape index (κ1) is 21.1. The van der Waals surface area contributed by atoms with E-state index in [0.717, 1.165) is 62.6 Å². The summed E-state index contributed by atoms with van der Waals surface area (Å²) < 4.78 is 0. The quantitative estimate of drug-likeness (QED) is 0.516. The summed E-state index contributed by atoms with van der Waals surface area (Å²) in [7, 11) is 0. The molecule has 4 saturated carbocycles. The van der Waals surface area contributed by atoms with Crippen LogP contribution in [0.5, 0.6) is 0 Å². The molecule has 1 spiro atoms. The van der Waals surface area contributed by atoms with Gasteiger partial charge in [0.1, 0.15) is 0 Å². The lowest BCUT2D eigenvalue weighted by Gasteiger charge is -2.64. The number of fused-ring (bicyclic) bond motifs is 3. The molecule has 4 aliphatic rings. The van der Waals surface area contributed by atoms with Crippen LogP contribution >= 0.6 is 0 Å². The standard InChI is InChI=1S/C27H38N2O2/c1-18-6-8-20(9-7-18)28-23(30)29-25(4)13-5-12-24(3)21(25)10-14-26-16-19(2)27(31,17-26)15-11-22(24)26/h6-9,21-22,31H,2,5,10-17H2,1,3-4H3,(H2,28,29,30)/t21-,22-,24+,25+,26+,27-/m0/s1. The third kappa shape index (κ3) is 3.16. The Labute approximate surface area is 186 Å². The second kappa shape index (κ2) is 6.84. The van der Waals surface area contributed by atoms with Gasteiger partial charge < -0.3 is 15.7 Å². The first-order valence-electron chi connectivity index (χ1n) is 12.2. The molecule has 4 aliphatic carbocycles. The monoisotopic (exact) mass is 422 g/mol. The zero-order valence-electron chi connectivity index (χ0n) is 19.4. The van der Waals surface area contributed by atoms with Crippen LogP contribution in [0.15, 0.2) is 36.4 Å². The maximum absolute atomic E-state index is 13.0. The smallest absolute Gasteiger partial charge is 0.319 e. The third-order valence-electron chi connectivity index (χ3n) is 9.87. The third-order valence-corrected chi connectivity index (χ3v) is 9.87. The lowest BCUT2D eigenvalue weighted by molar-refractivity contribution is -0.148. The molecule has 0 unspecified atom stereocenters. The van der Waals surface area contributed by atoms with Crippen LogP contribution in [0.1, 0.15) is 77.2 Å². The Kier molecular flexibility index (Phi) is 4.65. The maximum Gasteiger partial charge on any atom is 0.319 e. The summed E-state index contributed by atoms with van der Waals surface area (Å²) in [5, 5.41) is 17.6. The molecule has 5 rings (SSSR count). The Balaban J connectivity index is 1.37. The molecule has 0 aromatic heterocycles. The van der Waals surface area contributed by atoms with E-state index in [1.54, 1.807) is 0 Å². The minimum atomic E-state index is -0.621. The molecule has 1 aromatic carbocycles. The Morgan fingerprint density at radius 2 is 1.77 bits per heavy atom. The predicted molar refractivity (Wildman–Crippen MR) is 125 cm³/mol. The van der Waals surface area contributed by atoms with Crippen LogP contribution in [0.3, 0.4) is 0 Å². The number of aryl methyl sites for hydroxylation is 1. The minimum absolute atomic E-state index is 0.0943. The Hall–Kier alpha value is -1.81. The first-order chi connectivity index (χ1) is 14.6. The molecule has 3 N–H and O–H groups in total. The highest BCUT2D eigenvalue weighted by molar-refractivity contribution is 5.89. The Morgan fingerprint density at radius 1 is 1.06 bits per heavy atom. The topological polar surface area (TPSA) is 61.4 Å². The van der Waals surface area contributed by atoms with Crippen molar-refractivity contribution in [1.29, 1.82) is 0 Å². The second-order valence-electron chi connectivity index (χ2n) is 11.8. The van der Waals surface area contributed by atoms with Gasteiger partial charge in [-0.15, -0.1) is 0 Å². The number of nitrogens with one attached hydrogen (secondary N) is 2. The molecule has 0 aliphatic heterocycles. The van der Waals surface area contributed by atoms with Crippen LogP contribution in [0, 0.1) is 29.6 Å². The number of amides is 2. The summed E-state index contributed by atoms with van der Waals surface area (Å²) in [5.74, 6) is 1.08. The van der Waals surface area contributed by atoms with E-state index in [9.17, 15) is 9.90 Å². The molecule has 4 heteroatoms. The van der Waals surface area contributed by atoms with E-state index in [1.807, 2.05) is 24.3 Å². The fourth-order valence-electron chi connectivity index (χ4n) is 8.56. The van der Waals surface area contributed by atoms with Crippen molar-refractivity contribution in [3.8, 4) is 0 Å². The molecule has 168 valence electrons. The summed E-state index contributed by atoms with van der Waals surface area (Å²) in [6.45, 7) is 11.1. The Bertz CT molecular complexity index is 910. The van der Waals surface area contributed by atoms with Gasteiger partial charge in [0.05, 0.1) is 5.60 Å². The number of urea groups is 1. The van der Waals surface area contributed by atoms with Crippen molar-refractivity contribution in [2.75, 3.05) is 5.32 Å². The summed E-state index contributed by atoms with van der Waals surface area (Å²) in [4.78, 5) is 13.0. The molecule has 2 bridgehead atoms. The number of aliphatic hydroxyl groups is 1. The van der Waals surface area contributed by atoms with Crippen LogP contribution in [0.25, 0.3) is 0 Å². The normalized spacial score (nSPS) is 43.7. The van der Waals surface area contributed by atoms with Crippen molar-refractivity contribution < 1.29 is 9.90 Å². The molecule has 1 aromatic rings. The number of rotatable bonds is 2. The average Bonchev–Trinajstić information content (AvgIpc) is 2.87. The van der Waals surface area contributed by atoms with E-state index >= 15 is 0 Å². The van der Waals surface area contributed by atoms with E-state index in [1.165, 1.54) is 12.0 Å². The van der Waals surface area contributed by atoms with Crippen LogP contribution in [0.4, 0.5) is 10.5 Å². The largest absolute Gasteiger partial charge is 0.386 e. The van der Waals surface area contributed by atoms with Crippen molar-refractivity contribution in [3.63, 3.8) is 0 Å². The second-order valence-corrected chi connectivity index (χ2v) is 11.8. The lowest BCUT2D eigenvalue weighted by Crippen LogP contribution is -2.65. The molecular weight excluding hydrogens is 384 g/mol. The summed E-state index contributed by atoms with van der Waals surface area (Å²) in [6, 6.07) is 7.87. The van der Waals surface area contributed by atoms with Crippen molar-refractivity contribution in [3.05, 3.63) is 42.0 Å². The van der Waals surface area contributed by atoms with Crippen molar-refractivity contribution in [2.24, 2.45) is 22.7 Å². The van der Waals surface area contributed by atoms with Crippen molar-refractivity contribution in [1.82, 2.24) is 5.32 Å².